The van der Waals surface area contributed by atoms with Crippen molar-refractivity contribution in [1.82, 2.24) is 0 Å². The fourth-order valence-corrected chi connectivity index (χ4v) is 3.86. The molecule has 9 heteroatoms. The van der Waals surface area contributed by atoms with E-state index in [-0.39, 0.29) is 16.3 Å². The molecule has 8 nitrogen and oxygen atoms in total. The van der Waals surface area contributed by atoms with E-state index in [4.69, 9.17) is 14.2 Å². The third-order valence-electron chi connectivity index (χ3n) is 3.64. The zero-order valence-corrected chi connectivity index (χ0v) is 16.0. The second-order valence-electron chi connectivity index (χ2n) is 5.35. The minimum atomic E-state index is -4.18. The minimum absolute atomic E-state index is 0.122. The number of anilines is 1. The van der Waals surface area contributed by atoms with E-state index in [1.54, 1.807) is 19.1 Å². The van der Waals surface area contributed by atoms with E-state index in [2.05, 4.69) is 0 Å². The maximum absolute atomic E-state index is 13.1. The molecule has 2 aromatic carbocycles. The first-order valence-corrected chi connectivity index (χ1v) is 9.47. The summed E-state index contributed by atoms with van der Waals surface area (Å²) in [5.41, 5.74) is 0.179. The van der Waals surface area contributed by atoms with Crippen molar-refractivity contribution in [1.29, 1.82) is 0 Å². The second-order valence-corrected chi connectivity index (χ2v) is 7.21. The normalized spacial score (nSPS) is 10.9. The number of carboxylic acid groups (broad SMARTS) is 1. The zero-order valence-electron chi connectivity index (χ0n) is 15.2. The number of hydrogen-bond acceptors (Lipinski definition) is 6. The van der Waals surface area contributed by atoms with Gasteiger partial charge in [-0.2, -0.15) is 0 Å². The van der Waals surface area contributed by atoms with Gasteiger partial charge in [-0.3, -0.25) is 9.10 Å². The monoisotopic (exact) mass is 395 g/mol. The van der Waals surface area contributed by atoms with E-state index in [1.807, 2.05) is 0 Å². The van der Waals surface area contributed by atoms with Gasteiger partial charge in [-0.1, -0.05) is 6.07 Å². The van der Waals surface area contributed by atoms with Gasteiger partial charge in [0.1, 0.15) is 12.3 Å². The highest BCUT2D eigenvalue weighted by Crippen LogP contribution is 2.32. The highest BCUT2D eigenvalue weighted by molar-refractivity contribution is 7.92. The van der Waals surface area contributed by atoms with Gasteiger partial charge in [-0.25, -0.2) is 8.42 Å². The van der Waals surface area contributed by atoms with Crippen LogP contribution in [0.25, 0.3) is 0 Å². The summed E-state index contributed by atoms with van der Waals surface area (Å²) in [7, 11) is -1.36. The molecule has 1 N–H and O–H groups in total. The fraction of sp³-hybridized carbons (Fsp3) is 0.278. The first-order valence-electron chi connectivity index (χ1n) is 8.03. The van der Waals surface area contributed by atoms with E-state index in [0.717, 1.165) is 4.31 Å². The molecule has 27 heavy (non-hydrogen) atoms. The van der Waals surface area contributed by atoms with Crippen LogP contribution >= 0.6 is 0 Å². The van der Waals surface area contributed by atoms with E-state index in [1.165, 1.54) is 44.6 Å². The van der Waals surface area contributed by atoms with Gasteiger partial charge in [0.15, 0.2) is 11.5 Å². The molecule has 0 saturated carbocycles. The lowest BCUT2D eigenvalue weighted by molar-refractivity contribution is -0.135. The number of sulfonamides is 1. The molecule has 146 valence electrons. The molecule has 2 rings (SSSR count). The fourth-order valence-electron chi connectivity index (χ4n) is 2.44. The van der Waals surface area contributed by atoms with E-state index >= 15 is 0 Å². The molecule has 0 fully saturated rings. The van der Waals surface area contributed by atoms with Gasteiger partial charge >= 0.3 is 5.97 Å². The van der Waals surface area contributed by atoms with Crippen molar-refractivity contribution in [3.63, 3.8) is 0 Å². The van der Waals surface area contributed by atoms with Crippen molar-refractivity contribution in [3.8, 4) is 17.2 Å². The second kappa shape index (κ2) is 8.63. The summed E-state index contributed by atoms with van der Waals surface area (Å²) < 4.78 is 42.7. The quantitative estimate of drug-likeness (QED) is 0.695. The number of methoxy groups -OCH3 is 2. The number of benzene rings is 2. The average molecular weight is 395 g/mol. The Labute approximate surface area is 157 Å². The van der Waals surface area contributed by atoms with Gasteiger partial charge in [-0.05, 0) is 31.2 Å². The Morgan fingerprint density at radius 2 is 1.78 bits per heavy atom. The largest absolute Gasteiger partial charge is 0.494 e. The summed E-state index contributed by atoms with van der Waals surface area (Å²) in [6.45, 7) is 1.44. The van der Waals surface area contributed by atoms with E-state index < -0.39 is 22.5 Å². The standard InChI is InChI=1S/C18H21NO7S/c1-4-26-14-7-5-6-13(10-14)19(12-18(20)21)27(22,23)15-8-9-16(24-2)17(11-15)25-3/h5-11H,4,12H2,1-3H3,(H,20,21). The smallest absolute Gasteiger partial charge is 0.324 e. The number of carboxylic acids is 1. The van der Waals surface area contributed by atoms with Crippen LogP contribution < -0.4 is 18.5 Å². The number of carbonyl (C=O) groups is 1. The summed E-state index contributed by atoms with van der Waals surface area (Å²) in [6.07, 6.45) is 0. The van der Waals surface area contributed by atoms with E-state index in [0.29, 0.717) is 18.1 Å². The molecule has 0 atom stereocenters. The third-order valence-corrected chi connectivity index (χ3v) is 5.41. The van der Waals surface area contributed by atoms with Crippen molar-refractivity contribution < 1.29 is 32.5 Å². The molecule has 0 aliphatic heterocycles. The summed E-state index contributed by atoms with van der Waals surface area (Å²) >= 11 is 0. The molecule has 0 radical (unpaired) electrons. The summed E-state index contributed by atoms with van der Waals surface area (Å²) in [6, 6.07) is 10.3. The maximum Gasteiger partial charge on any atom is 0.324 e. The minimum Gasteiger partial charge on any atom is -0.494 e. The molecule has 0 aliphatic carbocycles. The van der Waals surface area contributed by atoms with Crippen molar-refractivity contribution in [2.24, 2.45) is 0 Å². The van der Waals surface area contributed by atoms with Crippen molar-refractivity contribution in [2.45, 2.75) is 11.8 Å². The highest BCUT2D eigenvalue weighted by Gasteiger charge is 2.28. The molecule has 0 heterocycles. The lowest BCUT2D eigenvalue weighted by Gasteiger charge is -2.23. The van der Waals surface area contributed by atoms with Gasteiger partial charge in [-0.15, -0.1) is 0 Å². The Bertz CT molecular complexity index is 912. The van der Waals surface area contributed by atoms with Crippen molar-refractivity contribution in [3.05, 3.63) is 42.5 Å². The third kappa shape index (κ3) is 4.62. The van der Waals surface area contributed by atoms with Crippen LogP contribution in [-0.4, -0.2) is 46.9 Å². The van der Waals surface area contributed by atoms with E-state index in [9.17, 15) is 18.3 Å². The Balaban J connectivity index is 2.55. The Morgan fingerprint density at radius 1 is 1.07 bits per heavy atom. The molecule has 0 amide bonds. The van der Waals surface area contributed by atoms with Crippen LogP contribution in [0.5, 0.6) is 17.2 Å². The molecule has 0 aromatic heterocycles. The molecular weight excluding hydrogens is 374 g/mol. The van der Waals surface area contributed by atoms with Crippen LogP contribution in [0.1, 0.15) is 6.92 Å². The first kappa shape index (κ1) is 20.4. The van der Waals surface area contributed by atoms with Crippen molar-refractivity contribution in [2.75, 3.05) is 31.7 Å². The maximum atomic E-state index is 13.1. The summed E-state index contributed by atoms with van der Waals surface area (Å²) in [5, 5.41) is 9.23. The SMILES string of the molecule is CCOc1cccc(N(CC(=O)O)S(=O)(=O)c2ccc(OC)c(OC)c2)c1. The lowest BCUT2D eigenvalue weighted by Crippen LogP contribution is -2.35. The van der Waals surface area contributed by atoms with Gasteiger partial charge in [0, 0.05) is 12.1 Å². The molecule has 0 saturated heterocycles. The van der Waals surface area contributed by atoms with Crippen LogP contribution in [0, 0.1) is 0 Å². The molecule has 0 unspecified atom stereocenters. The van der Waals surface area contributed by atoms with Crippen LogP contribution in [0.15, 0.2) is 47.4 Å². The van der Waals surface area contributed by atoms with Crippen LogP contribution in [0.2, 0.25) is 0 Å². The van der Waals surface area contributed by atoms with Crippen LogP contribution in [-0.2, 0) is 14.8 Å². The van der Waals surface area contributed by atoms with Crippen LogP contribution in [0.4, 0.5) is 5.69 Å². The van der Waals surface area contributed by atoms with Gasteiger partial charge in [0.05, 0.1) is 31.4 Å². The molecule has 0 aliphatic rings. The van der Waals surface area contributed by atoms with Crippen LogP contribution in [0.3, 0.4) is 0 Å². The van der Waals surface area contributed by atoms with Gasteiger partial charge in [0.25, 0.3) is 10.0 Å². The number of aliphatic carboxylic acids is 1. The van der Waals surface area contributed by atoms with Crippen molar-refractivity contribution >= 4 is 21.7 Å². The first-order chi connectivity index (χ1) is 12.8. The number of nitrogens with zero attached hydrogens (tertiary/aromatic N) is 1. The molecular formula is C18H21NO7S. The lowest BCUT2D eigenvalue weighted by atomic mass is 10.3. The molecule has 0 bridgehead atoms. The van der Waals surface area contributed by atoms with Gasteiger partial charge in [0.2, 0.25) is 0 Å². The Kier molecular flexibility index (Phi) is 6.51. The average Bonchev–Trinajstić information content (AvgIpc) is 2.65. The summed E-state index contributed by atoms with van der Waals surface area (Å²) in [5.74, 6) is -0.273. The Hall–Kier alpha value is -2.94. The predicted molar refractivity (Wildman–Crippen MR) is 99.3 cm³/mol. The Morgan fingerprint density at radius 3 is 2.37 bits per heavy atom. The number of ether oxygens (including phenoxy) is 3. The molecule has 2 aromatic rings. The van der Waals surface area contributed by atoms with Gasteiger partial charge < -0.3 is 19.3 Å². The zero-order chi connectivity index (χ0) is 20.0. The highest BCUT2D eigenvalue weighted by atomic mass is 32.2. The number of rotatable bonds is 9. The molecule has 0 spiro atoms. The number of hydrogen-bond donors (Lipinski definition) is 1. The topological polar surface area (TPSA) is 102 Å². The predicted octanol–water partition coefficient (Wildman–Crippen LogP) is 2.38. The summed E-state index contributed by atoms with van der Waals surface area (Å²) in [4.78, 5) is 11.2.